The first kappa shape index (κ1) is 48.3. The van der Waals surface area contributed by atoms with Gasteiger partial charge in [-0.3, -0.25) is 0 Å². The summed E-state index contributed by atoms with van der Waals surface area (Å²) in [6.07, 6.45) is -4.84. The smallest absolute Gasteiger partial charge is 0.438 e. The Balaban J connectivity index is -0.000000104. The van der Waals surface area contributed by atoms with Crippen molar-refractivity contribution in [3.8, 4) is 0 Å². The van der Waals surface area contributed by atoms with Gasteiger partial charge in [0.25, 0.3) is 0 Å². The molecule has 0 aromatic heterocycles. The molecule has 0 saturated carbocycles. The Hall–Kier alpha value is -0.792. The predicted octanol–water partition coefficient (Wildman–Crippen LogP) is 2.65. The Bertz CT molecular complexity index is 465. The van der Waals surface area contributed by atoms with Crippen molar-refractivity contribution in [2.75, 3.05) is 53.9 Å². The summed E-state index contributed by atoms with van der Waals surface area (Å²) in [5.41, 5.74) is 0. The van der Waals surface area contributed by atoms with Gasteiger partial charge in [0, 0.05) is 65.4 Å². The van der Waals surface area contributed by atoms with Gasteiger partial charge in [0.2, 0.25) is 0 Å². The third kappa shape index (κ3) is 40.4. The second-order valence-electron chi connectivity index (χ2n) is 5.03. The minimum atomic E-state index is -0.926. The number of hydrogen-bond donors (Lipinski definition) is 2. The number of aliphatic hydroxyl groups excluding tert-OH is 2. The van der Waals surface area contributed by atoms with Gasteiger partial charge < -0.3 is 48.1 Å². The van der Waals surface area contributed by atoms with Crippen molar-refractivity contribution in [3.05, 3.63) is 0 Å². The van der Waals surface area contributed by atoms with Gasteiger partial charge in [-0.05, 0) is 13.8 Å². The zero-order valence-corrected chi connectivity index (χ0v) is 28.0. The van der Waals surface area contributed by atoms with Gasteiger partial charge in [0.05, 0.1) is 27.4 Å². The average Bonchev–Trinajstić information content (AvgIpc) is 2.85. The maximum Gasteiger partial charge on any atom is 0.508 e. The van der Waals surface area contributed by atoms with Crippen molar-refractivity contribution < 1.29 is 133 Å². The second kappa shape index (κ2) is 38.7. The summed E-state index contributed by atoms with van der Waals surface area (Å²) in [6, 6.07) is 0. The summed E-state index contributed by atoms with van der Waals surface area (Å²) in [5.74, 6) is 0. The standard InChI is InChI=1S/2C8H14O7.2C2H6.2Y/c2*1-6(5-14-7(10)12-2)15-8(11)13-4-3-9;2*1-2;;/h2*6,9H,3-5H2,1-2H3;2*1-2H3;;. The molecule has 0 aliphatic heterocycles. The molecule has 0 spiro atoms. The van der Waals surface area contributed by atoms with Crippen LogP contribution in [0.4, 0.5) is 19.2 Å². The van der Waals surface area contributed by atoms with E-state index in [4.69, 9.17) is 10.2 Å². The molecular formula is C20H40O14Y2. The molecule has 0 bridgehead atoms. The number of hydrogen-bond acceptors (Lipinski definition) is 14. The molecule has 0 rings (SSSR count). The molecule has 2 unspecified atom stereocenters. The summed E-state index contributed by atoms with van der Waals surface area (Å²) in [6.45, 7) is 9.96. The van der Waals surface area contributed by atoms with Gasteiger partial charge >= 0.3 is 24.6 Å². The van der Waals surface area contributed by atoms with E-state index in [1.54, 1.807) is 0 Å². The third-order valence-electron chi connectivity index (χ3n) is 2.42. The Labute approximate surface area is 263 Å². The Morgan fingerprint density at radius 1 is 0.583 bits per heavy atom. The summed E-state index contributed by atoms with van der Waals surface area (Å²) in [4.78, 5) is 42.6. The van der Waals surface area contributed by atoms with Crippen LogP contribution in [0, 0.1) is 0 Å². The largest absolute Gasteiger partial charge is 0.508 e. The number of ether oxygens (including phenoxy) is 8. The fourth-order valence-electron chi connectivity index (χ4n) is 1.21. The molecule has 16 heteroatoms. The van der Waals surface area contributed by atoms with E-state index >= 15 is 0 Å². The average molecular weight is 682 g/mol. The second-order valence-corrected chi connectivity index (χ2v) is 5.03. The van der Waals surface area contributed by atoms with E-state index in [1.807, 2.05) is 27.7 Å². The molecule has 0 heterocycles. The Kier molecular flexibility index (Phi) is 52.0. The van der Waals surface area contributed by atoms with Crippen molar-refractivity contribution >= 4 is 24.6 Å². The molecular weight excluding hydrogens is 642 g/mol. The van der Waals surface area contributed by atoms with Crippen LogP contribution < -0.4 is 0 Å². The monoisotopic (exact) mass is 682 g/mol. The van der Waals surface area contributed by atoms with Crippen LogP contribution >= 0.6 is 0 Å². The molecule has 0 aromatic rings. The van der Waals surface area contributed by atoms with Gasteiger partial charge in [-0.25, -0.2) is 19.2 Å². The van der Waals surface area contributed by atoms with Crippen LogP contribution in [-0.2, 0) is 103 Å². The fraction of sp³-hybridized carbons (Fsp3) is 0.800. The normalized spacial score (nSPS) is 9.83. The van der Waals surface area contributed by atoms with Crippen LogP contribution in [0.5, 0.6) is 0 Å². The molecule has 0 saturated heterocycles. The first-order chi connectivity index (χ1) is 16.2. The fourth-order valence-corrected chi connectivity index (χ4v) is 1.21. The molecule has 0 aliphatic carbocycles. The Morgan fingerprint density at radius 2 is 0.861 bits per heavy atom. The van der Waals surface area contributed by atoms with Crippen LogP contribution in [0.1, 0.15) is 41.5 Å². The zero-order valence-electron chi connectivity index (χ0n) is 22.3. The summed E-state index contributed by atoms with van der Waals surface area (Å²) in [5, 5.41) is 16.7. The van der Waals surface area contributed by atoms with E-state index in [0.29, 0.717) is 0 Å². The van der Waals surface area contributed by atoms with Crippen molar-refractivity contribution in [2.45, 2.75) is 53.8 Å². The van der Waals surface area contributed by atoms with Gasteiger partial charge in [-0.1, -0.05) is 27.7 Å². The van der Waals surface area contributed by atoms with Crippen LogP contribution in [0.25, 0.3) is 0 Å². The first-order valence-electron chi connectivity index (χ1n) is 10.5. The van der Waals surface area contributed by atoms with E-state index in [2.05, 4.69) is 37.9 Å². The first-order valence-corrected chi connectivity index (χ1v) is 10.5. The predicted molar refractivity (Wildman–Crippen MR) is 117 cm³/mol. The quantitative estimate of drug-likeness (QED) is 0.253. The van der Waals surface area contributed by atoms with Gasteiger partial charge in [0.15, 0.2) is 0 Å². The number of aliphatic hydroxyl groups is 2. The van der Waals surface area contributed by atoms with Crippen LogP contribution in [-0.4, -0.2) is 101 Å². The van der Waals surface area contributed by atoms with Crippen molar-refractivity contribution in [1.82, 2.24) is 0 Å². The maximum absolute atomic E-state index is 10.8. The van der Waals surface area contributed by atoms with Crippen LogP contribution in [0.2, 0.25) is 0 Å². The SMILES string of the molecule is CC.CC.COC(=O)OCC(C)OC(=O)OCCO.COC(=O)OCC(C)OC(=O)OCCO.[Y].[Y]. The summed E-state index contributed by atoms with van der Waals surface area (Å²) in [7, 11) is 2.34. The van der Waals surface area contributed by atoms with Gasteiger partial charge in [-0.15, -0.1) is 0 Å². The van der Waals surface area contributed by atoms with E-state index in [1.165, 1.54) is 28.1 Å². The third-order valence-corrected chi connectivity index (χ3v) is 2.42. The number of carbonyl (C=O) groups is 4. The number of rotatable bonds is 10. The molecule has 36 heavy (non-hydrogen) atoms. The molecule has 210 valence electrons. The summed E-state index contributed by atoms with van der Waals surface area (Å²) < 4.78 is 35.5. The van der Waals surface area contributed by atoms with E-state index < -0.39 is 36.8 Å². The van der Waals surface area contributed by atoms with Gasteiger partial charge in [-0.2, -0.15) is 0 Å². The maximum atomic E-state index is 10.8. The van der Waals surface area contributed by atoms with E-state index in [-0.39, 0.29) is 105 Å². The van der Waals surface area contributed by atoms with Crippen LogP contribution in [0.15, 0.2) is 0 Å². The topological polar surface area (TPSA) is 183 Å². The molecule has 14 nitrogen and oxygen atoms in total. The molecule has 2 N–H and O–H groups in total. The van der Waals surface area contributed by atoms with E-state index in [0.717, 1.165) is 0 Å². The molecule has 2 radical (unpaired) electrons. The van der Waals surface area contributed by atoms with E-state index in [9.17, 15) is 19.2 Å². The van der Waals surface area contributed by atoms with Crippen molar-refractivity contribution in [2.24, 2.45) is 0 Å². The molecule has 2 atom stereocenters. The molecule has 0 aliphatic rings. The molecule has 0 aromatic carbocycles. The summed E-state index contributed by atoms with van der Waals surface area (Å²) >= 11 is 0. The number of methoxy groups -OCH3 is 2. The Morgan fingerprint density at radius 3 is 1.08 bits per heavy atom. The minimum Gasteiger partial charge on any atom is -0.438 e. The molecule has 0 amide bonds. The molecule has 0 fully saturated rings. The van der Waals surface area contributed by atoms with Crippen molar-refractivity contribution in [1.29, 1.82) is 0 Å². The van der Waals surface area contributed by atoms with Gasteiger partial charge in [0.1, 0.15) is 38.6 Å². The minimum absolute atomic E-state index is 0. The van der Waals surface area contributed by atoms with Crippen molar-refractivity contribution in [3.63, 3.8) is 0 Å². The zero-order chi connectivity index (χ0) is 27.4. The number of carbonyl (C=O) groups excluding carboxylic acids is 4. The van der Waals surface area contributed by atoms with Crippen LogP contribution in [0.3, 0.4) is 0 Å².